The molecular weight excluding hydrogens is 170 g/mol. The zero-order valence-electron chi connectivity index (χ0n) is 7.12. The van der Waals surface area contributed by atoms with Crippen LogP contribution in [0.4, 0.5) is 5.69 Å². The van der Waals surface area contributed by atoms with E-state index in [1.54, 1.807) is 28.8 Å². The predicted molar refractivity (Wildman–Crippen MR) is 44.5 cm³/mol. The molecule has 2 aromatic heterocycles. The maximum absolute atomic E-state index is 5.50. The second kappa shape index (κ2) is 2.85. The number of nitrogens with zero attached hydrogens (tertiary/aromatic N) is 6. The van der Waals surface area contributed by atoms with Crippen LogP contribution in [0.2, 0.25) is 0 Å². The summed E-state index contributed by atoms with van der Waals surface area (Å²) in [6.45, 7) is 0.528. The van der Waals surface area contributed by atoms with Gasteiger partial charge in [-0.15, -0.1) is 5.10 Å². The van der Waals surface area contributed by atoms with Gasteiger partial charge in [0.2, 0.25) is 0 Å². The van der Waals surface area contributed by atoms with Crippen LogP contribution in [0.3, 0.4) is 0 Å². The van der Waals surface area contributed by atoms with Gasteiger partial charge in [0.1, 0.15) is 6.54 Å². The fraction of sp³-hybridized carbons (Fsp3) is 0.333. The lowest BCUT2D eigenvalue weighted by Gasteiger charge is -1.97. The molecule has 13 heavy (non-hydrogen) atoms. The van der Waals surface area contributed by atoms with Gasteiger partial charge in [0.05, 0.1) is 11.9 Å². The molecule has 2 rings (SSSR count). The Morgan fingerprint density at radius 2 is 2.38 bits per heavy atom. The highest BCUT2D eigenvalue weighted by molar-refractivity contribution is 5.30. The molecule has 0 radical (unpaired) electrons. The molecule has 0 unspecified atom stereocenters. The number of nitrogen functional groups attached to an aromatic ring is 1. The standard InChI is InChI=1S/C6H9N7/c1-12-6(9-10-11-12)4-13-3-5(7)2-8-13/h2-3H,4,7H2,1H3. The van der Waals surface area contributed by atoms with E-state index in [1.807, 2.05) is 0 Å². The molecule has 0 amide bonds. The molecular formula is C6H9N7. The minimum atomic E-state index is 0.528. The van der Waals surface area contributed by atoms with Crippen LogP contribution < -0.4 is 5.73 Å². The van der Waals surface area contributed by atoms with E-state index in [9.17, 15) is 0 Å². The van der Waals surface area contributed by atoms with E-state index >= 15 is 0 Å². The summed E-state index contributed by atoms with van der Waals surface area (Å²) < 4.78 is 3.28. The van der Waals surface area contributed by atoms with E-state index in [0.29, 0.717) is 12.2 Å². The molecule has 2 aromatic rings. The maximum atomic E-state index is 5.50. The monoisotopic (exact) mass is 179 g/mol. The van der Waals surface area contributed by atoms with Gasteiger partial charge in [-0.3, -0.25) is 4.68 Å². The van der Waals surface area contributed by atoms with Crippen LogP contribution in [0.5, 0.6) is 0 Å². The van der Waals surface area contributed by atoms with E-state index in [2.05, 4.69) is 20.6 Å². The van der Waals surface area contributed by atoms with Gasteiger partial charge in [0.25, 0.3) is 0 Å². The smallest absolute Gasteiger partial charge is 0.172 e. The lowest BCUT2D eigenvalue weighted by atomic mass is 10.6. The van der Waals surface area contributed by atoms with Crippen molar-refractivity contribution in [2.24, 2.45) is 7.05 Å². The summed E-state index contributed by atoms with van der Waals surface area (Å²) in [6.07, 6.45) is 3.32. The summed E-state index contributed by atoms with van der Waals surface area (Å²) in [7, 11) is 1.78. The minimum absolute atomic E-state index is 0.528. The van der Waals surface area contributed by atoms with Crippen molar-refractivity contribution in [2.45, 2.75) is 6.54 Å². The molecule has 0 atom stereocenters. The maximum Gasteiger partial charge on any atom is 0.172 e. The minimum Gasteiger partial charge on any atom is -0.396 e. The second-order valence-electron chi connectivity index (χ2n) is 2.69. The summed E-state index contributed by atoms with van der Waals surface area (Å²) in [6, 6.07) is 0. The lowest BCUT2D eigenvalue weighted by molar-refractivity contribution is 0.606. The first-order valence-corrected chi connectivity index (χ1v) is 3.75. The van der Waals surface area contributed by atoms with Crippen molar-refractivity contribution in [3.63, 3.8) is 0 Å². The molecule has 0 spiro atoms. The Morgan fingerprint density at radius 3 is 2.92 bits per heavy atom. The second-order valence-corrected chi connectivity index (χ2v) is 2.69. The molecule has 2 heterocycles. The first-order chi connectivity index (χ1) is 6.25. The average Bonchev–Trinajstić information content (AvgIpc) is 2.64. The van der Waals surface area contributed by atoms with Crippen molar-refractivity contribution < 1.29 is 0 Å². The third-order valence-electron chi connectivity index (χ3n) is 1.66. The molecule has 0 aliphatic heterocycles. The van der Waals surface area contributed by atoms with Gasteiger partial charge < -0.3 is 5.73 Å². The highest BCUT2D eigenvalue weighted by Gasteiger charge is 2.03. The third-order valence-corrected chi connectivity index (χ3v) is 1.66. The van der Waals surface area contributed by atoms with Crippen LogP contribution in [0, 0.1) is 0 Å². The van der Waals surface area contributed by atoms with E-state index in [4.69, 9.17) is 5.73 Å². The number of nitrogens with two attached hydrogens (primary N) is 1. The fourth-order valence-corrected chi connectivity index (χ4v) is 0.993. The van der Waals surface area contributed by atoms with Gasteiger partial charge in [0.15, 0.2) is 5.82 Å². The van der Waals surface area contributed by atoms with Crippen molar-refractivity contribution in [3.8, 4) is 0 Å². The van der Waals surface area contributed by atoms with Crippen molar-refractivity contribution >= 4 is 5.69 Å². The lowest BCUT2D eigenvalue weighted by Crippen LogP contribution is -2.07. The first kappa shape index (κ1) is 7.71. The zero-order chi connectivity index (χ0) is 9.26. The van der Waals surface area contributed by atoms with Gasteiger partial charge in [-0.05, 0) is 10.4 Å². The van der Waals surface area contributed by atoms with Gasteiger partial charge in [0, 0.05) is 13.2 Å². The van der Waals surface area contributed by atoms with Crippen molar-refractivity contribution in [1.29, 1.82) is 0 Å². The molecule has 0 aliphatic carbocycles. The Bertz CT molecular complexity index is 401. The third kappa shape index (κ3) is 1.48. The van der Waals surface area contributed by atoms with Crippen LogP contribution >= 0.6 is 0 Å². The number of hydrogen-bond acceptors (Lipinski definition) is 5. The Labute approximate surface area is 74.1 Å². The van der Waals surface area contributed by atoms with E-state index < -0.39 is 0 Å². The van der Waals surface area contributed by atoms with Crippen LogP contribution in [0.15, 0.2) is 12.4 Å². The largest absolute Gasteiger partial charge is 0.396 e. The predicted octanol–water partition coefficient (Wildman–Crippen LogP) is -0.963. The molecule has 7 heteroatoms. The van der Waals surface area contributed by atoms with E-state index in [0.717, 1.165) is 5.82 Å². The summed E-state index contributed by atoms with van der Waals surface area (Å²) in [4.78, 5) is 0. The average molecular weight is 179 g/mol. The Hall–Kier alpha value is -1.92. The molecule has 0 saturated heterocycles. The Morgan fingerprint density at radius 1 is 1.54 bits per heavy atom. The van der Waals surface area contributed by atoms with Crippen molar-refractivity contribution in [3.05, 3.63) is 18.2 Å². The summed E-state index contributed by atoms with van der Waals surface area (Å²) in [5.41, 5.74) is 6.14. The molecule has 0 bridgehead atoms. The highest BCUT2D eigenvalue weighted by atomic mass is 15.5. The summed E-state index contributed by atoms with van der Waals surface area (Å²) in [5, 5.41) is 15.1. The molecule has 68 valence electrons. The number of hydrogen-bond donors (Lipinski definition) is 1. The molecule has 7 nitrogen and oxygen atoms in total. The van der Waals surface area contributed by atoms with Crippen LogP contribution in [0.25, 0.3) is 0 Å². The number of tetrazole rings is 1. The number of rotatable bonds is 2. The van der Waals surface area contributed by atoms with Crippen LogP contribution in [-0.4, -0.2) is 30.0 Å². The molecule has 0 aliphatic rings. The van der Waals surface area contributed by atoms with Gasteiger partial charge in [-0.1, -0.05) is 0 Å². The van der Waals surface area contributed by atoms with Gasteiger partial charge in [-0.2, -0.15) is 5.10 Å². The SMILES string of the molecule is Cn1nnnc1Cn1cc(N)cn1. The quantitative estimate of drug-likeness (QED) is 0.641. The fourth-order valence-electron chi connectivity index (χ4n) is 0.993. The van der Waals surface area contributed by atoms with E-state index in [1.165, 1.54) is 0 Å². The number of aryl methyl sites for hydroxylation is 1. The van der Waals surface area contributed by atoms with E-state index in [-0.39, 0.29) is 0 Å². The normalized spacial score (nSPS) is 10.5. The Balaban J connectivity index is 2.19. The summed E-state index contributed by atoms with van der Waals surface area (Å²) in [5.74, 6) is 0.739. The molecule has 0 aromatic carbocycles. The number of aromatic nitrogens is 6. The molecule has 2 N–H and O–H groups in total. The first-order valence-electron chi connectivity index (χ1n) is 3.75. The van der Waals surface area contributed by atoms with Gasteiger partial charge >= 0.3 is 0 Å². The van der Waals surface area contributed by atoms with Gasteiger partial charge in [-0.25, -0.2) is 4.68 Å². The van der Waals surface area contributed by atoms with Crippen LogP contribution in [0.1, 0.15) is 5.82 Å². The molecule has 0 saturated carbocycles. The van der Waals surface area contributed by atoms with Crippen LogP contribution in [-0.2, 0) is 13.6 Å². The highest BCUT2D eigenvalue weighted by Crippen LogP contribution is 2.00. The van der Waals surface area contributed by atoms with Crippen molar-refractivity contribution in [1.82, 2.24) is 30.0 Å². The number of anilines is 1. The zero-order valence-corrected chi connectivity index (χ0v) is 7.12. The molecule has 0 fully saturated rings. The Kier molecular flexibility index (Phi) is 1.69. The summed E-state index contributed by atoms with van der Waals surface area (Å²) >= 11 is 0. The van der Waals surface area contributed by atoms with Crippen molar-refractivity contribution in [2.75, 3.05) is 5.73 Å². The topological polar surface area (TPSA) is 87.4 Å².